The molecule has 0 amide bonds. The molecule has 1 aromatic rings. The quantitative estimate of drug-likeness (QED) is 0.419. The van der Waals surface area contributed by atoms with Gasteiger partial charge in [-0.1, -0.05) is 34.1 Å². The van der Waals surface area contributed by atoms with Crippen LogP contribution in [0.5, 0.6) is 0 Å². The van der Waals surface area contributed by atoms with E-state index in [0.29, 0.717) is 18.6 Å². The number of benzene rings is 1. The number of carboxylic acid groups (broad SMARTS) is 1. The summed E-state index contributed by atoms with van der Waals surface area (Å²) in [7, 11) is 0. The molecule has 0 aliphatic rings. The van der Waals surface area contributed by atoms with Crippen molar-refractivity contribution in [1.29, 1.82) is 0 Å². The Bertz CT molecular complexity index is 559. The molecule has 0 saturated carbocycles. The molecule has 0 unspecified atom stereocenters. The molecule has 0 saturated heterocycles. The van der Waals surface area contributed by atoms with Gasteiger partial charge < -0.3 is 9.84 Å². The maximum Gasteiger partial charge on any atom is 0.339 e. The van der Waals surface area contributed by atoms with Gasteiger partial charge in [-0.25, -0.2) is 9.59 Å². The summed E-state index contributed by atoms with van der Waals surface area (Å²) in [5.41, 5.74) is 0.839. The Morgan fingerprint density at radius 2 is 1.91 bits per heavy atom. The van der Waals surface area contributed by atoms with Crippen LogP contribution in [0.2, 0.25) is 0 Å². The van der Waals surface area contributed by atoms with E-state index in [-0.39, 0.29) is 16.5 Å². The maximum atomic E-state index is 12.2. The van der Waals surface area contributed by atoms with Crippen molar-refractivity contribution < 1.29 is 19.4 Å². The van der Waals surface area contributed by atoms with Gasteiger partial charge in [0.05, 0.1) is 17.7 Å². The number of carboxylic acids is 1. The second-order valence-electron chi connectivity index (χ2n) is 6.48. The summed E-state index contributed by atoms with van der Waals surface area (Å²) in [6.45, 7) is 8.45. The van der Waals surface area contributed by atoms with Crippen LogP contribution in [-0.4, -0.2) is 23.7 Å². The van der Waals surface area contributed by atoms with Crippen LogP contribution in [0.25, 0.3) is 0 Å². The van der Waals surface area contributed by atoms with Gasteiger partial charge in [-0.3, -0.25) is 0 Å². The number of carbonyl (C=O) groups excluding carboxylic acids is 1. The second kappa shape index (κ2) is 7.94. The van der Waals surface area contributed by atoms with Crippen LogP contribution >= 0.6 is 22.6 Å². The minimum Gasteiger partial charge on any atom is -0.478 e. The summed E-state index contributed by atoms with van der Waals surface area (Å²) in [4.78, 5) is 23.9. The Hall–Kier alpha value is -1.11. The van der Waals surface area contributed by atoms with Gasteiger partial charge in [-0.15, -0.1) is 0 Å². The summed E-state index contributed by atoms with van der Waals surface area (Å²) in [6, 6.07) is 3.33. The summed E-state index contributed by atoms with van der Waals surface area (Å²) in [5.74, 6) is -1.64. The van der Waals surface area contributed by atoms with E-state index in [1.54, 1.807) is 12.1 Å². The first-order valence-corrected chi connectivity index (χ1v) is 8.47. The summed E-state index contributed by atoms with van der Waals surface area (Å²) >= 11 is 2.12. The first-order chi connectivity index (χ1) is 10.2. The third-order valence-corrected chi connectivity index (χ3v) is 4.14. The van der Waals surface area contributed by atoms with Crippen molar-refractivity contribution in [1.82, 2.24) is 0 Å². The Kier molecular flexibility index (Phi) is 6.84. The number of carbonyl (C=O) groups is 2. The van der Waals surface area contributed by atoms with Gasteiger partial charge in [-0.05, 0) is 58.5 Å². The molecule has 1 N–H and O–H groups in total. The van der Waals surface area contributed by atoms with Crippen LogP contribution in [0.4, 0.5) is 0 Å². The Labute approximate surface area is 145 Å². The van der Waals surface area contributed by atoms with E-state index in [1.165, 1.54) is 0 Å². The van der Waals surface area contributed by atoms with Gasteiger partial charge in [-0.2, -0.15) is 0 Å². The fourth-order valence-electron chi connectivity index (χ4n) is 2.13. The number of ether oxygens (including phenoxy) is 1. The monoisotopic (exact) mass is 418 g/mol. The lowest BCUT2D eigenvalue weighted by molar-refractivity contribution is 0.0488. The highest BCUT2D eigenvalue weighted by Crippen LogP contribution is 2.29. The van der Waals surface area contributed by atoms with E-state index in [9.17, 15) is 14.7 Å². The summed E-state index contributed by atoms with van der Waals surface area (Å²) in [6.07, 6.45) is 2.28. The number of esters is 1. The minimum absolute atomic E-state index is 0.0725. The third kappa shape index (κ3) is 5.26. The number of hydrogen-bond donors (Lipinski definition) is 1. The molecule has 0 spiro atoms. The summed E-state index contributed by atoms with van der Waals surface area (Å²) < 4.78 is 6.04. The smallest absolute Gasteiger partial charge is 0.339 e. The van der Waals surface area contributed by atoms with E-state index in [0.717, 1.165) is 16.4 Å². The molecule has 0 bridgehead atoms. The van der Waals surface area contributed by atoms with Gasteiger partial charge in [0, 0.05) is 3.57 Å². The van der Waals surface area contributed by atoms with Gasteiger partial charge >= 0.3 is 11.9 Å². The highest BCUT2D eigenvalue weighted by molar-refractivity contribution is 14.1. The van der Waals surface area contributed by atoms with Gasteiger partial charge in [0.1, 0.15) is 0 Å². The molecule has 0 fully saturated rings. The third-order valence-electron chi connectivity index (χ3n) is 3.13. The first-order valence-electron chi connectivity index (χ1n) is 7.39. The van der Waals surface area contributed by atoms with E-state index >= 15 is 0 Å². The van der Waals surface area contributed by atoms with Crippen molar-refractivity contribution in [3.63, 3.8) is 0 Å². The molecule has 0 atom stereocenters. The Morgan fingerprint density at radius 3 is 2.41 bits per heavy atom. The van der Waals surface area contributed by atoms with Crippen molar-refractivity contribution in [3.05, 3.63) is 32.4 Å². The molecule has 0 aliphatic carbocycles. The molecule has 22 heavy (non-hydrogen) atoms. The van der Waals surface area contributed by atoms with Crippen LogP contribution in [0, 0.1) is 8.99 Å². The van der Waals surface area contributed by atoms with Gasteiger partial charge in [0.15, 0.2) is 0 Å². The average molecular weight is 418 g/mol. The largest absolute Gasteiger partial charge is 0.478 e. The predicted octanol–water partition coefficient (Wildman–Crippen LogP) is 4.53. The molecule has 0 radical (unpaired) electrons. The minimum atomic E-state index is -1.08. The Balaban J connectivity index is 3.26. The van der Waals surface area contributed by atoms with Crippen LogP contribution in [0.15, 0.2) is 12.1 Å². The molecule has 0 aliphatic heterocycles. The molecule has 0 aromatic heterocycles. The van der Waals surface area contributed by atoms with Crippen LogP contribution in [0.1, 0.15) is 66.8 Å². The van der Waals surface area contributed by atoms with Crippen LogP contribution < -0.4 is 0 Å². The number of aromatic carboxylic acids is 1. The van der Waals surface area contributed by atoms with E-state index in [1.807, 2.05) is 27.7 Å². The number of rotatable bonds is 6. The lowest BCUT2D eigenvalue weighted by Gasteiger charge is -2.21. The molecule has 0 heterocycles. The maximum absolute atomic E-state index is 12.2. The van der Waals surface area contributed by atoms with Gasteiger partial charge in [0.2, 0.25) is 0 Å². The SMILES string of the molecule is CCCCOC(=O)c1ccc(I)c(CC(C)(C)C)c1C(=O)O. The zero-order valence-corrected chi connectivity index (χ0v) is 15.7. The zero-order chi connectivity index (χ0) is 16.9. The Morgan fingerprint density at radius 1 is 1.27 bits per heavy atom. The van der Waals surface area contributed by atoms with Gasteiger partial charge in [0.25, 0.3) is 0 Å². The molecule has 1 aromatic carbocycles. The second-order valence-corrected chi connectivity index (χ2v) is 7.64. The van der Waals surface area contributed by atoms with E-state index in [2.05, 4.69) is 22.6 Å². The van der Waals surface area contributed by atoms with Crippen molar-refractivity contribution in [3.8, 4) is 0 Å². The lowest BCUT2D eigenvalue weighted by Crippen LogP contribution is -2.19. The standard InChI is InChI=1S/C17H23IO4/c1-5-6-9-22-16(21)11-7-8-13(18)12(10-17(2,3)4)14(11)15(19)20/h7-8H,5-6,9-10H2,1-4H3,(H,19,20). The van der Waals surface area contributed by atoms with Crippen LogP contribution in [-0.2, 0) is 11.2 Å². The molecular weight excluding hydrogens is 395 g/mol. The van der Waals surface area contributed by atoms with Crippen molar-refractivity contribution in [2.45, 2.75) is 47.0 Å². The molecule has 1 rings (SSSR count). The molecule has 4 nitrogen and oxygen atoms in total. The number of hydrogen-bond acceptors (Lipinski definition) is 3. The zero-order valence-electron chi connectivity index (χ0n) is 13.5. The summed E-state index contributed by atoms with van der Waals surface area (Å²) in [5, 5.41) is 9.58. The number of halogens is 1. The predicted molar refractivity (Wildman–Crippen MR) is 94.5 cm³/mol. The van der Waals surface area contributed by atoms with E-state index in [4.69, 9.17) is 4.74 Å². The van der Waals surface area contributed by atoms with Crippen molar-refractivity contribution in [2.75, 3.05) is 6.61 Å². The molecule has 5 heteroatoms. The molecule has 122 valence electrons. The number of unbranched alkanes of at least 4 members (excludes halogenated alkanes) is 1. The van der Waals surface area contributed by atoms with Crippen LogP contribution in [0.3, 0.4) is 0 Å². The average Bonchev–Trinajstić information content (AvgIpc) is 2.39. The highest BCUT2D eigenvalue weighted by Gasteiger charge is 2.26. The molecular formula is C17H23IO4. The first kappa shape index (κ1) is 18.9. The highest BCUT2D eigenvalue weighted by atomic mass is 127. The lowest BCUT2D eigenvalue weighted by atomic mass is 9.85. The van der Waals surface area contributed by atoms with E-state index < -0.39 is 11.9 Å². The fraction of sp³-hybridized carbons (Fsp3) is 0.529. The normalized spacial score (nSPS) is 11.3. The van der Waals surface area contributed by atoms with Crippen molar-refractivity contribution >= 4 is 34.5 Å². The van der Waals surface area contributed by atoms with Crippen molar-refractivity contribution in [2.24, 2.45) is 5.41 Å². The topological polar surface area (TPSA) is 63.6 Å². The fourth-order valence-corrected chi connectivity index (χ4v) is 2.77.